The summed E-state index contributed by atoms with van der Waals surface area (Å²) in [5, 5.41) is 54.8. The largest absolute Gasteiger partial charge is 0.394 e. The summed E-state index contributed by atoms with van der Waals surface area (Å²) in [6.45, 7) is 3.89. The monoisotopic (exact) mass is 1040 g/mol. The van der Waals surface area contributed by atoms with E-state index >= 15 is 0 Å². The van der Waals surface area contributed by atoms with Gasteiger partial charge >= 0.3 is 0 Å². The zero-order chi connectivity index (χ0) is 52.9. The van der Waals surface area contributed by atoms with Gasteiger partial charge in [0.2, 0.25) is 5.91 Å². The van der Waals surface area contributed by atoms with Crippen LogP contribution in [-0.2, 0) is 14.3 Å². The van der Waals surface area contributed by atoms with Gasteiger partial charge in [-0.25, -0.2) is 0 Å². The first kappa shape index (κ1) is 70.2. The predicted octanol–water partition coefficient (Wildman–Crippen LogP) is 17.0. The van der Waals surface area contributed by atoms with Gasteiger partial charge in [-0.2, -0.15) is 0 Å². The van der Waals surface area contributed by atoms with Gasteiger partial charge in [0.15, 0.2) is 6.29 Å². The van der Waals surface area contributed by atoms with Crippen molar-refractivity contribution in [1.29, 1.82) is 0 Å². The Labute approximate surface area is 453 Å². The molecule has 1 fully saturated rings. The highest BCUT2D eigenvalue weighted by molar-refractivity contribution is 5.76. The molecule has 436 valence electrons. The lowest BCUT2D eigenvalue weighted by Crippen LogP contribution is -2.60. The van der Waals surface area contributed by atoms with Crippen molar-refractivity contribution in [3.8, 4) is 0 Å². The van der Waals surface area contributed by atoms with E-state index < -0.39 is 49.5 Å². The third kappa shape index (κ3) is 43.8. The first-order valence-corrected chi connectivity index (χ1v) is 32.7. The third-order valence-corrected chi connectivity index (χ3v) is 16.2. The number of unbranched alkanes of at least 4 members (excludes halogenated alkanes) is 48. The van der Waals surface area contributed by atoms with Crippen molar-refractivity contribution in [1.82, 2.24) is 5.32 Å². The molecule has 6 N–H and O–H groups in total. The number of aliphatic hydroxyl groups is 5. The number of hydrogen-bond acceptors (Lipinski definition) is 8. The first-order valence-electron chi connectivity index (χ1n) is 32.7. The minimum atomic E-state index is -1.55. The summed E-state index contributed by atoms with van der Waals surface area (Å²) in [4.78, 5) is 13.1. The van der Waals surface area contributed by atoms with Gasteiger partial charge in [0.1, 0.15) is 24.4 Å². The molecule has 73 heavy (non-hydrogen) atoms. The molecule has 7 atom stereocenters. The van der Waals surface area contributed by atoms with Gasteiger partial charge in [-0.05, 0) is 12.8 Å². The van der Waals surface area contributed by atoms with Crippen LogP contribution in [-0.4, -0.2) is 87.5 Å². The fourth-order valence-corrected chi connectivity index (χ4v) is 11.0. The van der Waals surface area contributed by atoms with E-state index in [1.165, 1.54) is 283 Å². The molecule has 0 radical (unpaired) electrons. The summed E-state index contributed by atoms with van der Waals surface area (Å²) >= 11 is 0. The maximum atomic E-state index is 13.1. The number of carbonyl (C=O) groups excluding carboxylic acids is 1. The molecular formula is C64H127NO8. The van der Waals surface area contributed by atoms with E-state index in [9.17, 15) is 30.3 Å². The van der Waals surface area contributed by atoms with Crippen molar-refractivity contribution in [2.24, 2.45) is 0 Å². The highest BCUT2D eigenvalue weighted by Gasteiger charge is 2.44. The highest BCUT2D eigenvalue weighted by Crippen LogP contribution is 2.24. The topological polar surface area (TPSA) is 149 Å². The summed E-state index contributed by atoms with van der Waals surface area (Å²) in [6, 6.07) is -0.714. The predicted molar refractivity (Wildman–Crippen MR) is 309 cm³/mol. The number of aliphatic hydroxyl groups excluding tert-OH is 5. The van der Waals surface area contributed by atoms with Crippen LogP contribution < -0.4 is 5.32 Å². The molecule has 0 bridgehead atoms. The lowest BCUT2D eigenvalue weighted by atomic mass is 9.99. The van der Waals surface area contributed by atoms with E-state index in [-0.39, 0.29) is 12.5 Å². The van der Waals surface area contributed by atoms with E-state index in [1.807, 2.05) is 0 Å². The van der Waals surface area contributed by atoms with E-state index in [1.54, 1.807) is 0 Å². The molecular weight excluding hydrogens is 911 g/mol. The standard InChI is InChI=1S/C64H127NO8/c1-3-5-7-9-11-13-15-17-19-21-22-23-24-25-26-27-28-29-30-31-32-33-34-35-36-38-40-42-44-46-48-50-52-54-60(68)65-57(56-72-64-63(71)62(70)61(69)59(55-66)73-64)58(67)53-51-49-47-45-43-41-39-37-20-18-16-14-12-10-8-6-4-2/h57-59,61-64,66-67,69-71H,3-56H2,1-2H3,(H,65,68)/t57-,58+,59+,61-,62?,63?,64+/m0/s1. The summed E-state index contributed by atoms with van der Waals surface area (Å²) in [5.74, 6) is -0.135. The quantitative estimate of drug-likeness (QED) is 0.0330. The van der Waals surface area contributed by atoms with Gasteiger partial charge in [-0.3, -0.25) is 4.79 Å². The summed E-state index contributed by atoms with van der Waals surface area (Å²) < 4.78 is 11.3. The van der Waals surface area contributed by atoms with Gasteiger partial charge in [0.05, 0.1) is 25.4 Å². The molecule has 2 unspecified atom stereocenters. The Hall–Kier alpha value is -0.810. The van der Waals surface area contributed by atoms with Crippen LogP contribution in [0.1, 0.15) is 348 Å². The smallest absolute Gasteiger partial charge is 0.220 e. The number of hydrogen-bond donors (Lipinski definition) is 6. The lowest BCUT2D eigenvalue weighted by molar-refractivity contribution is -0.302. The van der Waals surface area contributed by atoms with Crippen LogP contribution in [0.3, 0.4) is 0 Å². The SMILES string of the molecule is CCCCCCCCCCCCCCCCCCCCCCCCCCCCCCCCCCCC(=O)N[C@@H](CO[C@@H]1O[C@H](CO)[C@H](O)C(O)C1O)[C@H](O)CCCCCCCCCCCCCCCCCCC. The van der Waals surface area contributed by atoms with Gasteiger partial charge in [-0.1, -0.05) is 328 Å². The Morgan fingerprint density at radius 2 is 0.685 bits per heavy atom. The van der Waals surface area contributed by atoms with E-state index in [4.69, 9.17) is 9.47 Å². The molecule has 1 aliphatic heterocycles. The van der Waals surface area contributed by atoms with Crippen molar-refractivity contribution in [3.05, 3.63) is 0 Å². The van der Waals surface area contributed by atoms with Crippen molar-refractivity contribution in [3.63, 3.8) is 0 Å². The van der Waals surface area contributed by atoms with Crippen LogP contribution in [0.4, 0.5) is 0 Å². The Bertz CT molecular complexity index is 1110. The maximum Gasteiger partial charge on any atom is 0.220 e. The molecule has 1 heterocycles. The second kappa shape index (κ2) is 54.5. The van der Waals surface area contributed by atoms with Crippen LogP contribution in [0.5, 0.6) is 0 Å². The van der Waals surface area contributed by atoms with Crippen molar-refractivity contribution in [2.75, 3.05) is 13.2 Å². The second-order valence-electron chi connectivity index (χ2n) is 23.3. The average molecular weight is 1040 g/mol. The van der Waals surface area contributed by atoms with Crippen LogP contribution in [0.15, 0.2) is 0 Å². The van der Waals surface area contributed by atoms with Crippen LogP contribution in [0.2, 0.25) is 0 Å². The molecule has 9 nitrogen and oxygen atoms in total. The van der Waals surface area contributed by atoms with Crippen molar-refractivity contribution < 1.29 is 39.8 Å². The molecule has 1 saturated heterocycles. The maximum absolute atomic E-state index is 13.1. The zero-order valence-corrected chi connectivity index (χ0v) is 48.7. The van der Waals surface area contributed by atoms with E-state index in [0.29, 0.717) is 12.8 Å². The molecule has 0 aromatic carbocycles. The Morgan fingerprint density at radius 1 is 0.411 bits per heavy atom. The van der Waals surface area contributed by atoms with Crippen LogP contribution >= 0.6 is 0 Å². The second-order valence-corrected chi connectivity index (χ2v) is 23.3. The molecule has 1 aliphatic rings. The Morgan fingerprint density at radius 3 is 0.973 bits per heavy atom. The zero-order valence-electron chi connectivity index (χ0n) is 48.7. The highest BCUT2D eigenvalue weighted by atomic mass is 16.7. The van der Waals surface area contributed by atoms with Crippen LogP contribution in [0, 0.1) is 0 Å². The third-order valence-electron chi connectivity index (χ3n) is 16.2. The van der Waals surface area contributed by atoms with Crippen molar-refractivity contribution >= 4 is 5.91 Å². The van der Waals surface area contributed by atoms with E-state index in [2.05, 4.69) is 19.2 Å². The fraction of sp³-hybridized carbons (Fsp3) is 0.984. The fourth-order valence-electron chi connectivity index (χ4n) is 11.0. The minimum Gasteiger partial charge on any atom is -0.394 e. The van der Waals surface area contributed by atoms with Gasteiger partial charge in [-0.15, -0.1) is 0 Å². The van der Waals surface area contributed by atoms with E-state index in [0.717, 1.165) is 38.5 Å². The summed E-state index contributed by atoms with van der Waals surface area (Å²) in [6.07, 6.45) is 60.2. The van der Waals surface area contributed by atoms with Gasteiger partial charge in [0.25, 0.3) is 0 Å². The lowest BCUT2D eigenvalue weighted by Gasteiger charge is -2.40. The molecule has 9 heteroatoms. The number of amides is 1. The van der Waals surface area contributed by atoms with Gasteiger partial charge < -0.3 is 40.3 Å². The summed E-state index contributed by atoms with van der Waals surface area (Å²) in [7, 11) is 0. The summed E-state index contributed by atoms with van der Waals surface area (Å²) in [5.41, 5.74) is 0. The normalized spacial score (nSPS) is 18.9. The van der Waals surface area contributed by atoms with Crippen molar-refractivity contribution in [2.45, 2.75) is 391 Å². The molecule has 0 spiro atoms. The van der Waals surface area contributed by atoms with Crippen LogP contribution in [0.25, 0.3) is 0 Å². The molecule has 0 aromatic heterocycles. The molecule has 1 amide bonds. The Balaban J connectivity index is 2.07. The number of nitrogens with one attached hydrogen (secondary N) is 1. The Kier molecular flexibility index (Phi) is 52.5. The molecule has 0 aromatic rings. The minimum absolute atomic E-state index is 0.131. The van der Waals surface area contributed by atoms with Gasteiger partial charge in [0, 0.05) is 6.42 Å². The number of rotatable bonds is 58. The number of carbonyl (C=O) groups is 1. The molecule has 0 saturated carbocycles. The first-order chi connectivity index (χ1) is 35.8. The number of ether oxygens (including phenoxy) is 2. The average Bonchev–Trinajstić information content (AvgIpc) is 3.39. The molecule has 0 aliphatic carbocycles. The molecule has 1 rings (SSSR count).